The largest absolute Gasteiger partial charge is 0.460 e. The molecule has 6 heteroatoms. The average molecular weight is 325 g/mol. The number of aromatic amines is 1. The number of anilines is 2. The zero-order chi connectivity index (χ0) is 16.9. The van der Waals surface area contributed by atoms with Gasteiger partial charge in [-0.05, 0) is 45.0 Å². The SMILES string of the molecule is CCN(CC)c1ccc(NCc2cn[nH]c2-c2ccc(C)o2)cn1. The molecule has 0 aliphatic heterocycles. The van der Waals surface area contributed by atoms with Crippen LogP contribution in [0.3, 0.4) is 0 Å². The Morgan fingerprint density at radius 2 is 1.96 bits per heavy atom. The molecule has 0 amide bonds. The van der Waals surface area contributed by atoms with Crippen molar-refractivity contribution in [3.05, 3.63) is 48.0 Å². The lowest BCUT2D eigenvalue weighted by atomic mass is 10.2. The summed E-state index contributed by atoms with van der Waals surface area (Å²) in [5.41, 5.74) is 2.94. The standard InChI is InChI=1S/C18H23N5O/c1-4-23(5-2)17-9-7-15(12-20-17)19-10-14-11-21-22-18(14)16-8-6-13(3)24-16/h6-9,11-12,19H,4-5,10H2,1-3H3,(H,21,22). The normalized spacial score (nSPS) is 10.8. The molecule has 0 aliphatic carbocycles. The van der Waals surface area contributed by atoms with Gasteiger partial charge in [0.25, 0.3) is 0 Å². The molecule has 0 fully saturated rings. The predicted molar refractivity (Wildman–Crippen MR) is 96.2 cm³/mol. The highest BCUT2D eigenvalue weighted by molar-refractivity contribution is 5.58. The van der Waals surface area contributed by atoms with Crippen LogP contribution in [0.1, 0.15) is 25.2 Å². The Bertz CT molecular complexity index is 771. The van der Waals surface area contributed by atoms with Crippen LogP contribution in [0.25, 0.3) is 11.5 Å². The molecule has 0 saturated carbocycles. The number of furan rings is 1. The summed E-state index contributed by atoms with van der Waals surface area (Å²) in [5, 5.41) is 10.5. The molecule has 6 nitrogen and oxygen atoms in total. The van der Waals surface area contributed by atoms with E-state index in [1.54, 1.807) is 0 Å². The summed E-state index contributed by atoms with van der Waals surface area (Å²) < 4.78 is 5.67. The zero-order valence-corrected chi connectivity index (χ0v) is 14.3. The van der Waals surface area contributed by atoms with E-state index in [4.69, 9.17) is 4.42 Å². The lowest BCUT2D eigenvalue weighted by Gasteiger charge is -2.19. The van der Waals surface area contributed by atoms with Gasteiger partial charge in [-0.3, -0.25) is 5.10 Å². The van der Waals surface area contributed by atoms with Gasteiger partial charge in [-0.1, -0.05) is 0 Å². The van der Waals surface area contributed by atoms with E-state index in [1.165, 1.54) is 0 Å². The first-order chi connectivity index (χ1) is 11.7. The third-order valence-electron chi connectivity index (χ3n) is 4.02. The molecular weight excluding hydrogens is 302 g/mol. The van der Waals surface area contributed by atoms with Crippen molar-refractivity contribution in [2.24, 2.45) is 0 Å². The molecule has 0 radical (unpaired) electrons. The third-order valence-corrected chi connectivity index (χ3v) is 4.02. The number of aromatic nitrogens is 3. The smallest absolute Gasteiger partial charge is 0.152 e. The van der Waals surface area contributed by atoms with Crippen LogP contribution in [0.15, 0.2) is 41.1 Å². The average Bonchev–Trinajstić information content (AvgIpc) is 3.23. The molecule has 0 saturated heterocycles. The van der Waals surface area contributed by atoms with E-state index < -0.39 is 0 Å². The van der Waals surface area contributed by atoms with Gasteiger partial charge in [0.1, 0.15) is 17.3 Å². The maximum Gasteiger partial charge on any atom is 0.152 e. The van der Waals surface area contributed by atoms with Gasteiger partial charge in [-0.15, -0.1) is 0 Å². The van der Waals surface area contributed by atoms with Crippen LogP contribution in [0.5, 0.6) is 0 Å². The fourth-order valence-corrected chi connectivity index (χ4v) is 2.65. The fraction of sp³-hybridized carbons (Fsp3) is 0.333. The molecule has 0 atom stereocenters. The quantitative estimate of drug-likeness (QED) is 0.691. The molecule has 3 aromatic rings. The van der Waals surface area contributed by atoms with Crippen molar-refractivity contribution in [1.29, 1.82) is 0 Å². The maximum absolute atomic E-state index is 5.67. The number of H-pyrrole nitrogens is 1. The van der Waals surface area contributed by atoms with Gasteiger partial charge in [0.05, 0.1) is 18.1 Å². The first kappa shape index (κ1) is 16.1. The summed E-state index contributed by atoms with van der Waals surface area (Å²) in [6.45, 7) is 8.76. The van der Waals surface area contributed by atoms with Gasteiger partial charge in [0, 0.05) is 25.2 Å². The molecule has 3 rings (SSSR count). The minimum Gasteiger partial charge on any atom is -0.460 e. The number of rotatable bonds is 7. The predicted octanol–water partition coefficient (Wildman–Crippen LogP) is 3.83. The highest BCUT2D eigenvalue weighted by Gasteiger charge is 2.11. The van der Waals surface area contributed by atoms with Gasteiger partial charge in [-0.25, -0.2) is 4.98 Å². The Morgan fingerprint density at radius 3 is 2.58 bits per heavy atom. The molecule has 3 heterocycles. The molecule has 3 aromatic heterocycles. The highest BCUT2D eigenvalue weighted by Crippen LogP contribution is 2.24. The van der Waals surface area contributed by atoms with E-state index in [2.05, 4.69) is 45.3 Å². The van der Waals surface area contributed by atoms with E-state index >= 15 is 0 Å². The monoisotopic (exact) mass is 325 g/mol. The van der Waals surface area contributed by atoms with Crippen molar-refractivity contribution in [3.8, 4) is 11.5 Å². The minimum absolute atomic E-state index is 0.651. The molecule has 126 valence electrons. The van der Waals surface area contributed by atoms with E-state index in [0.717, 1.165) is 47.4 Å². The molecular formula is C18H23N5O. The maximum atomic E-state index is 5.67. The molecule has 24 heavy (non-hydrogen) atoms. The van der Waals surface area contributed by atoms with Crippen molar-refractivity contribution in [1.82, 2.24) is 15.2 Å². The van der Waals surface area contributed by atoms with E-state index in [0.29, 0.717) is 6.54 Å². The van der Waals surface area contributed by atoms with Crippen LogP contribution in [-0.4, -0.2) is 28.3 Å². The van der Waals surface area contributed by atoms with Gasteiger partial charge < -0.3 is 14.6 Å². The zero-order valence-electron chi connectivity index (χ0n) is 14.3. The summed E-state index contributed by atoms with van der Waals surface area (Å²) in [6.07, 6.45) is 3.68. The van der Waals surface area contributed by atoms with Crippen LogP contribution in [0.2, 0.25) is 0 Å². The summed E-state index contributed by atoms with van der Waals surface area (Å²) in [4.78, 5) is 6.75. The van der Waals surface area contributed by atoms with Gasteiger partial charge in [-0.2, -0.15) is 5.10 Å². The summed E-state index contributed by atoms with van der Waals surface area (Å²) in [5.74, 6) is 2.69. The van der Waals surface area contributed by atoms with Crippen molar-refractivity contribution < 1.29 is 4.42 Å². The third kappa shape index (κ3) is 3.42. The number of nitrogens with zero attached hydrogens (tertiary/aromatic N) is 3. The second-order valence-electron chi connectivity index (χ2n) is 5.61. The number of aryl methyl sites for hydroxylation is 1. The molecule has 0 bridgehead atoms. The highest BCUT2D eigenvalue weighted by atomic mass is 16.3. The van der Waals surface area contributed by atoms with Crippen LogP contribution in [0, 0.1) is 6.92 Å². The van der Waals surface area contributed by atoms with Crippen molar-refractivity contribution in [2.75, 3.05) is 23.3 Å². The molecule has 0 spiro atoms. The van der Waals surface area contributed by atoms with E-state index in [-0.39, 0.29) is 0 Å². The fourth-order valence-electron chi connectivity index (χ4n) is 2.65. The van der Waals surface area contributed by atoms with E-state index in [9.17, 15) is 0 Å². The first-order valence-electron chi connectivity index (χ1n) is 8.25. The van der Waals surface area contributed by atoms with Crippen LogP contribution in [-0.2, 0) is 6.54 Å². The van der Waals surface area contributed by atoms with Crippen molar-refractivity contribution in [2.45, 2.75) is 27.3 Å². The molecule has 2 N–H and O–H groups in total. The lowest BCUT2D eigenvalue weighted by molar-refractivity contribution is 0.545. The van der Waals surface area contributed by atoms with E-state index in [1.807, 2.05) is 37.5 Å². The number of nitrogens with one attached hydrogen (secondary N) is 2. The van der Waals surface area contributed by atoms with Crippen LogP contribution < -0.4 is 10.2 Å². The number of hydrogen-bond acceptors (Lipinski definition) is 5. The Morgan fingerprint density at radius 1 is 1.12 bits per heavy atom. The summed E-state index contributed by atoms with van der Waals surface area (Å²) >= 11 is 0. The van der Waals surface area contributed by atoms with Crippen LogP contribution >= 0.6 is 0 Å². The van der Waals surface area contributed by atoms with Crippen molar-refractivity contribution in [3.63, 3.8) is 0 Å². The van der Waals surface area contributed by atoms with Gasteiger partial charge in [0.2, 0.25) is 0 Å². The Labute approximate surface area is 141 Å². The number of hydrogen-bond donors (Lipinski definition) is 2. The second kappa shape index (κ2) is 7.21. The lowest BCUT2D eigenvalue weighted by Crippen LogP contribution is -2.22. The first-order valence-corrected chi connectivity index (χ1v) is 8.25. The van der Waals surface area contributed by atoms with Gasteiger partial charge in [0.15, 0.2) is 5.76 Å². The Hall–Kier alpha value is -2.76. The minimum atomic E-state index is 0.651. The van der Waals surface area contributed by atoms with Crippen LogP contribution in [0.4, 0.5) is 11.5 Å². The van der Waals surface area contributed by atoms with Gasteiger partial charge >= 0.3 is 0 Å². The molecule has 0 unspecified atom stereocenters. The Kier molecular flexibility index (Phi) is 4.84. The Balaban J connectivity index is 1.67. The summed E-state index contributed by atoms with van der Waals surface area (Å²) in [6, 6.07) is 8.00. The molecule has 0 aliphatic rings. The topological polar surface area (TPSA) is 70.0 Å². The second-order valence-corrected chi connectivity index (χ2v) is 5.61. The van der Waals surface area contributed by atoms with Crippen molar-refractivity contribution >= 4 is 11.5 Å². The summed E-state index contributed by atoms with van der Waals surface area (Å²) in [7, 11) is 0. The molecule has 0 aromatic carbocycles. The number of pyridine rings is 1.